The normalized spacial score (nSPS) is 22.5. The van der Waals surface area contributed by atoms with Crippen LogP contribution in [0, 0.1) is 0 Å². The number of hydrogen-bond donors (Lipinski definition) is 1. The number of hydrogen-bond acceptors (Lipinski definition) is 5. The zero-order chi connectivity index (χ0) is 9.80. The number of nitrogens with one attached hydrogen (secondary N) is 1. The largest absolute Gasteiger partial charge is 0.375 e. The fourth-order valence-electron chi connectivity index (χ4n) is 1.46. The molecule has 2 rings (SSSR count). The number of nitrogens with zero attached hydrogens (tertiary/aromatic N) is 2. The molecule has 1 atom stereocenters. The van der Waals surface area contributed by atoms with Gasteiger partial charge in [-0.2, -0.15) is 4.98 Å². The van der Waals surface area contributed by atoms with E-state index in [1.54, 1.807) is 0 Å². The van der Waals surface area contributed by atoms with Gasteiger partial charge in [0.1, 0.15) is 0 Å². The molecule has 0 amide bonds. The van der Waals surface area contributed by atoms with Gasteiger partial charge < -0.3 is 14.6 Å². The van der Waals surface area contributed by atoms with E-state index in [0.29, 0.717) is 12.3 Å². The Morgan fingerprint density at radius 2 is 2.50 bits per heavy atom. The number of aromatic nitrogens is 2. The van der Waals surface area contributed by atoms with E-state index in [4.69, 9.17) is 9.26 Å². The highest BCUT2D eigenvalue weighted by Gasteiger charge is 2.17. The zero-order valence-electron chi connectivity index (χ0n) is 8.32. The van der Waals surface area contributed by atoms with Gasteiger partial charge in [0.15, 0.2) is 5.82 Å². The van der Waals surface area contributed by atoms with Crippen LogP contribution in [0.25, 0.3) is 0 Å². The first kappa shape index (κ1) is 9.61. The Labute approximate surface area is 82.8 Å². The Kier molecular flexibility index (Phi) is 3.10. The Hall–Kier alpha value is -0.940. The summed E-state index contributed by atoms with van der Waals surface area (Å²) in [6, 6.07) is 0. The average molecular weight is 197 g/mol. The van der Waals surface area contributed by atoms with Crippen molar-refractivity contribution in [2.75, 3.05) is 19.7 Å². The Bertz CT molecular complexity index is 281. The first-order valence-corrected chi connectivity index (χ1v) is 5.02. The fourth-order valence-corrected chi connectivity index (χ4v) is 1.46. The summed E-state index contributed by atoms with van der Waals surface area (Å²) in [5, 5.41) is 7.10. The second kappa shape index (κ2) is 4.52. The molecule has 1 saturated heterocycles. The van der Waals surface area contributed by atoms with E-state index in [1.807, 2.05) is 6.92 Å². The third-order valence-corrected chi connectivity index (χ3v) is 2.23. The summed E-state index contributed by atoms with van der Waals surface area (Å²) in [6.07, 6.45) is 1.70. The maximum atomic E-state index is 5.53. The molecule has 1 fully saturated rings. The van der Waals surface area contributed by atoms with Crippen molar-refractivity contribution < 1.29 is 9.26 Å². The molecule has 0 aromatic carbocycles. The molecule has 1 unspecified atom stereocenters. The monoisotopic (exact) mass is 197 g/mol. The summed E-state index contributed by atoms with van der Waals surface area (Å²) in [5.41, 5.74) is 0. The van der Waals surface area contributed by atoms with Crippen molar-refractivity contribution in [2.24, 2.45) is 0 Å². The summed E-state index contributed by atoms with van der Waals surface area (Å²) < 4.78 is 10.6. The van der Waals surface area contributed by atoms with Crippen LogP contribution in [-0.4, -0.2) is 35.9 Å². The van der Waals surface area contributed by atoms with E-state index in [9.17, 15) is 0 Å². The van der Waals surface area contributed by atoms with E-state index in [2.05, 4.69) is 15.5 Å². The SMILES string of the molecule is CCc1noc(CC2CNCCO2)n1. The van der Waals surface area contributed by atoms with Crippen LogP contribution in [0.5, 0.6) is 0 Å². The van der Waals surface area contributed by atoms with Gasteiger partial charge in [0.05, 0.1) is 19.1 Å². The molecule has 0 aliphatic carbocycles. The van der Waals surface area contributed by atoms with Crippen molar-refractivity contribution in [3.8, 4) is 0 Å². The topological polar surface area (TPSA) is 60.2 Å². The molecule has 1 aliphatic rings. The molecule has 2 heterocycles. The van der Waals surface area contributed by atoms with Crippen molar-refractivity contribution in [2.45, 2.75) is 25.9 Å². The Morgan fingerprint density at radius 3 is 3.14 bits per heavy atom. The van der Waals surface area contributed by atoms with E-state index < -0.39 is 0 Å². The highest BCUT2D eigenvalue weighted by Crippen LogP contribution is 2.06. The van der Waals surface area contributed by atoms with E-state index in [-0.39, 0.29) is 6.10 Å². The van der Waals surface area contributed by atoms with Crippen molar-refractivity contribution in [1.82, 2.24) is 15.5 Å². The van der Waals surface area contributed by atoms with Crippen LogP contribution in [0.4, 0.5) is 0 Å². The predicted molar refractivity (Wildman–Crippen MR) is 50.0 cm³/mol. The number of rotatable bonds is 3. The molecule has 1 aromatic heterocycles. The highest BCUT2D eigenvalue weighted by molar-refractivity contribution is 4.88. The molecule has 1 N–H and O–H groups in total. The molecule has 1 aliphatic heterocycles. The van der Waals surface area contributed by atoms with Crippen molar-refractivity contribution >= 4 is 0 Å². The van der Waals surface area contributed by atoms with Crippen LogP contribution in [0.2, 0.25) is 0 Å². The van der Waals surface area contributed by atoms with Crippen LogP contribution in [0.3, 0.4) is 0 Å². The minimum atomic E-state index is 0.175. The van der Waals surface area contributed by atoms with E-state index in [1.165, 1.54) is 0 Å². The highest BCUT2D eigenvalue weighted by atomic mass is 16.5. The summed E-state index contributed by atoms with van der Waals surface area (Å²) in [4.78, 5) is 4.24. The standard InChI is InChI=1S/C9H15N3O2/c1-2-8-11-9(14-12-8)5-7-6-10-3-4-13-7/h7,10H,2-6H2,1H3. The minimum Gasteiger partial charge on any atom is -0.375 e. The third kappa shape index (κ3) is 2.30. The quantitative estimate of drug-likeness (QED) is 0.748. The maximum Gasteiger partial charge on any atom is 0.229 e. The van der Waals surface area contributed by atoms with Crippen LogP contribution < -0.4 is 5.32 Å². The first-order valence-electron chi connectivity index (χ1n) is 5.02. The van der Waals surface area contributed by atoms with Crippen molar-refractivity contribution in [1.29, 1.82) is 0 Å². The molecule has 0 radical (unpaired) electrons. The fraction of sp³-hybridized carbons (Fsp3) is 0.778. The zero-order valence-corrected chi connectivity index (χ0v) is 8.32. The molecule has 0 spiro atoms. The van der Waals surface area contributed by atoms with E-state index >= 15 is 0 Å². The number of morpholine rings is 1. The Morgan fingerprint density at radius 1 is 1.57 bits per heavy atom. The van der Waals surface area contributed by atoms with Gasteiger partial charge >= 0.3 is 0 Å². The molecule has 14 heavy (non-hydrogen) atoms. The molecule has 5 heteroatoms. The van der Waals surface area contributed by atoms with Crippen molar-refractivity contribution in [3.05, 3.63) is 11.7 Å². The summed E-state index contributed by atoms with van der Waals surface area (Å²) >= 11 is 0. The van der Waals surface area contributed by atoms with E-state index in [0.717, 1.165) is 31.9 Å². The van der Waals surface area contributed by atoms with Crippen LogP contribution >= 0.6 is 0 Å². The lowest BCUT2D eigenvalue weighted by atomic mass is 10.2. The lowest BCUT2D eigenvalue weighted by Crippen LogP contribution is -2.39. The molecule has 5 nitrogen and oxygen atoms in total. The molecule has 0 saturated carbocycles. The van der Waals surface area contributed by atoms with Gasteiger partial charge in [-0.25, -0.2) is 0 Å². The van der Waals surface area contributed by atoms with Crippen molar-refractivity contribution in [3.63, 3.8) is 0 Å². The number of ether oxygens (including phenoxy) is 1. The molecule has 78 valence electrons. The average Bonchev–Trinajstić information content (AvgIpc) is 2.67. The number of aryl methyl sites for hydroxylation is 1. The molecule has 1 aromatic rings. The second-order valence-electron chi connectivity index (χ2n) is 3.36. The van der Waals surface area contributed by atoms with Crippen LogP contribution in [0.1, 0.15) is 18.6 Å². The Balaban J connectivity index is 1.89. The summed E-state index contributed by atoms with van der Waals surface area (Å²) in [5.74, 6) is 1.44. The van der Waals surface area contributed by atoms with Gasteiger partial charge in [-0.1, -0.05) is 12.1 Å². The van der Waals surface area contributed by atoms with Crippen LogP contribution in [0.15, 0.2) is 4.52 Å². The van der Waals surface area contributed by atoms with Gasteiger partial charge in [0.25, 0.3) is 0 Å². The van der Waals surface area contributed by atoms with Gasteiger partial charge in [0.2, 0.25) is 5.89 Å². The summed E-state index contributed by atoms with van der Waals surface area (Å²) in [7, 11) is 0. The molecular weight excluding hydrogens is 182 g/mol. The lowest BCUT2D eigenvalue weighted by Gasteiger charge is -2.21. The molecule has 0 bridgehead atoms. The van der Waals surface area contributed by atoms with Gasteiger partial charge in [0, 0.05) is 19.5 Å². The third-order valence-electron chi connectivity index (χ3n) is 2.23. The first-order chi connectivity index (χ1) is 6.88. The lowest BCUT2D eigenvalue weighted by molar-refractivity contribution is 0.0246. The predicted octanol–water partition coefficient (Wildman–Crippen LogP) is 0.163. The smallest absolute Gasteiger partial charge is 0.229 e. The maximum absolute atomic E-state index is 5.53. The van der Waals surface area contributed by atoms with Gasteiger partial charge in [-0.3, -0.25) is 0 Å². The van der Waals surface area contributed by atoms with Gasteiger partial charge in [-0.15, -0.1) is 0 Å². The van der Waals surface area contributed by atoms with Crippen LogP contribution in [-0.2, 0) is 17.6 Å². The molecular formula is C9H15N3O2. The second-order valence-corrected chi connectivity index (χ2v) is 3.36. The van der Waals surface area contributed by atoms with Gasteiger partial charge in [-0.05, 0) is 0 Å². The summed E-state index contributed by atoms with van der Waals surface area (Å²) in [6.45, 7) is 4.57. The minimum absolute atomic E-state index is 0.175.